The van der Waals surface area contributed by atoms with Gasteiger partial charge >= 0.3 is 12.1 Å². The minimum absolute atomic E-state index is 0.00326. The highest BCUT2D eigenvalue weighted by molar-refractivity contribution is 9.10. The Hall–Kier alpha value is -4.25. The van der Waals surface area contributed by atoms with Gasteiger partial charge in [0.25, 0.3) is 5.91 Å². The summed E-state index contributed by atoms with van der Waals surface area (Å²) < 4.78 is 56.2. The van der Waals surface area contributed by atoms with Crippen LogP contribution in [0.3, 0.4) is 0 Å². The number of rotatable bonds is 5. The molecule has 4 rings (SSSR count). The van der Waals surface area contributed by atoms with Gasteiger partial charge in [-0.05, 0) is 63.5 Å². The number of carbonyl (C=O) groups is 2. The summed E-state index contributed by atoms with van der Waals surface area (Å²) >= 11 is 4.02. The van der Waals surface area contributed by atoms with Crippen molar-refractivity contribution in [3.63, 3.8) is 0 Å². The zero-order valence-electron chi connectivity index (χ0n) is 18.7. The maximum absolute atomic E-state index is 13.6. The molecular weight excluding hydrogens is 602 g/mol. The summed E-state index contributed by atoms with van der Waals surface area (Å²) in [4.78, 5) is 40.8. The minimum atomic E-state index is -5.33. The number of anilines is 1. The molecule has 38 heavy (non-hydrogen) atoms. The summed E-state index contributed by atoms with van der Waals surface area (Å²) in [7, 11) is 0. The average Bonchev–Trinajstić information content (AvgIpc) is 3.50. The molecule has 0 aliphatic carbocycles. The molecule has 0 aliphatic heterocycles. The lowest BCUT2D eigenvalue weighted by atomic mass is 10.3. The van der Waals surface area contributed by atoms with E-state index in [-0.39, 0.29) is 20.9 Å². The van der Waals surface area contributed by atoms with Gasteiger partial charge < -0.3 is 10.2 Å². The van der Waals surface area contributed by atoms with E-state index < -0.39 is 35.4 Å². The Kier molecular flexibility index (Phi) is 7.77. The third kappa shape index (κ3) is 6.17. The molecule has 0 saturated heterocycles. The molecule has 11 nitrogen and oxygen atoms in total. The third-order valence-corrected chi connectivity index (χ3v) is 6.28. The zero-order valence-corrected chi connectivity index (χ0v) is 21.1. The van der Waals surface area contributed by atoms with Gasteiger partial charge in [0, 0.05) is 18.0 Å². The second kappa shape index (κ2) is 11.0. The number of thiazole rings is 1. The van der Waals surface area contributed by atoms with Crippen LogP contribution in [-0.4, -0.2) is 44.2 Å². The van der Waals surface area contributed by atoms with Crippen molar-refractivity contribution in [1.82, 2.24) is 25.8 Å². The van der Waals surface area contributed by atoms with Gasteiger partial charge in [-0.1, -0.05) is 0 Å². The molecule has 0 aliphatic rings. The van der Waals surface area contributed by atoms with Crippen LogP contribution in [0.25, 0.3) is 10.6 Å². The van der Waals surface area contributed by atoms with Crippen LogP contribution in [0.5, 0.6) is 0 Å². The molecule has 196 valence electrons. The van der Waals surface area contributed by atoms with Crippen LogP contribution in [0.2, 0.25) is 0 Å². The third-order valence-electron chi connectivity index (χ3n) is 4.47. The fourth-order valence-electron chi connectivity index (χ4n) is 2.77. The van der Waals surface area contributed by atoms with Crippen molar-refractivity contribution in [3.8, 4) is 10.6 Å². The lowest BCUT2D eigenvalue weighted by Gasteiger charge is -2.10. The van der Waals surface area contributed by atoms with Gasteiger partial charge in [-0.2, -0.15) is 18.7 Å². The molecule has 1 aromatic carbocycles. The molecule has 1 amide bonds. The second-order valence-electron chi connectivity index (χ2n) is 7.14. The number of nitrogens with one attached hydrogen (secondary N) is 2. The van der Waals surface area contributed by atoms with Crippen molar-refractivity contribution < 1.29 is 36.6 Å². The molecule has 0 unspecified atom stereocenters. The molecule has 0 saturated carbocycles. The first-order valence-corrected chi connectivity index (χ1v) is 11.7. The van der Waals surface area contributed by atoms with E-state index in [0.29, 0.717) is 16.3 Å². The van der Waals surface area contributed by atoms with Gasteiger partial charge in [-0.15, -0.1) is 11.3 Å². The number of halogens is 5. The molecule has 4 aromatic rings. The van der Waals surface area contributed by atoms with Crippen molar-refractivity contribution in [3.05, 3.63) is 69.3 Å². The predicted molar refractivity (Wildman–Crippen MR) is 128 cm³/mol. The minimum Gasteiger partial charge on any atom is -0.333 e. The number of hydrogen-bond acceptors (Lipinski definition) is 10. The number of nitrogens with zero attached hydrogens (tertiary/aromatic N) is 5. The van der Waals surface area contributed by atoms with E-state index >= 15 is 0 Å². The number of aliphatic imine (C=N–C) groups is 1. The van der Waals surface area contributed by atoms with Crippen molar-refractivity contribution in [2.75, 3.05) is 5.32 Å². The van der Waals surface area contributed by atoms with Crippen LogP contribution < -0.4 is 10.8 Å². The highest BCUT2D eigenvalue weighted by atomic mass is 79.9. The average molecular weight is 614 g/mol. The van der Waals surface area contributed by atoms with Crippen LogP contribution in [0.4, 0.5) is 29.1 Å². The maximum atomic E-state index is 13.6. The molecule has 0 fully saturated rings. The summed E-state index contributed by atoms with van der Waals surface area (Å²) in [6.45, 7) is 1.60. The van der Waals surface area contributed by atoms with Gasteiger partial charge in [-0.25, -0.2) is 23.8 Å². The number of hydroxylamine groups is 1. The summed E-state index contributed by atoms with van der Waals surface area (Å²) in [5.41, 5.74) is 2.38. The topological polar surface area (TPSA) is 144 Å². The van der Waals surface area contributed by atoms with E-state index in [1.807, 2.05) is 0 Å². The van der Waals surface area contributed by atoms with Crippen LogP contribution in [0.15, 0.2) is 56.8 Å². The Morgan fingerprint density at radius 1 is 1.21 bits per heavy atom. The quantitative estimate of drug-likeness (QED) is 0.141. The van der Waals surface area contributed by atoms with E-state index in [9.17, 15) is 27.2 Å². The number of aryl methyl sites for hydroxylation is 1. The Balaban J connectivity index is 1.64. The Labute approximate surface area is 222 Å². The smallest absolute Gasteiger partial charge is 0.333 e. The number of pyridine rings is 1. The van der Waals surface area contributed by atoms with E-state index in [1.165, 1.54) is 12.1 Å². The molecule has 0 atom stereocenters. The highest BCUT2D eigenvalue weighted by Crippen LogP contribution is 2.28. The molecular formula is C21H12BrF4N7O4S. The number of aromatic nitrogens is 4. The lowest BCUT2D eigenvalue weighted by molar-refractivity contribution is -0.203. The summed E-state index contributed by atoms with van der Waals surface area (Å²) in [6.07, 6.45) is -2.17. The zero-order chi connectivity index (χ0) is 27.4. The standard InChI is InChI=1S/C21H12BrF4N7O4S/c1-9-15(38-19(28-9)10-3-2-6-27-8-10)18(34)30-17-14(31-37-33-17)16(32-36-20(35)21(24,25)26)29-11-4-5-13(23)12(22)7-11/h2-8H,1H3,(H,29,32)(H,30,33,34). The lowest BCUT2D eigenvalue weighted by Crippen LogP contribution is -2.35. The van der Waals surface area contributed by atoms with Crippen LogP contribution in [0, 0.1) is 12.7 Å². The van der Waals surface area contributed by atoms with Crippen molar-refractivity contribution in [2.24, 2.45) is 4.99 Å². The molecule has 0 bridgehead atoms. The molecule has 0 spiro atoms. The largest absolute Gasteiger partial charge is 0.493 e. The summed E-state index contributed by atoms with van der Waals surface area (Å²) in [6, 6.07) is 6.86. The number of hydrogen-bond donors (Lipinski definition) is 2. The maximum Gasteiger partial charge on any atom is 0.493 e. The number of amidine groups is 1. The van der Waals surface area contributed by atoms with Crippen molar-refractivity contribution in [2.45, 2.75) is 13.1 Å². The predicted octanol–water partition coefficient (Wildman–Crippen LogP) is 4.74. The van der Waals surface area contributed by atoms with E-state index in [1.54, 1.807) is 36.9 Å². The van der Waals surface area contributed by atoms with Gasteiger partial charge in [0.1, 0.15) is 15.7 Å². The first-order chi connectivity index (χ1) is 18.0. The van der Waals surface area contributed by atoms with Gasteiger partial charge in [0.15, 0.2) is 11.5 Å². The fourth-order valence-corrected chi connectivity index (χ4v) is 4.09. The fraction of sp³-hybridized carbons (Fsp3) is 0.0952. The second-order valence-corrected chi connectivity index (χ2v) is 8.99. The van der Waals surface area contributed by atoms with Gasteiger partial charge in [0.05, 0.1) is 15.9 Å². The van der Waals surface area contributed by atoms with Crippen LogP contribution in [-0.2, 0) is 9.63 Å². The molecule has 17 heteroatoms. The molecule has 3 aromatic heterocycles. The Morgan fingerprint density at radius 3 is 2.68 bits per heavy atom. The normalized spacial score (nSPS) is 11.8. The number of alkyl halides is 3. The van der Waals surface area contributed by atoms with E-state index in [2.05, 4.69) is 56.0 Å². The SMILES string of the molecule is Cc1nc(-c2cccnc2)sc1C(=O)Nc1nonc1C(=Nc1ccc(F)c(Br)c1)NOC(=O)C(F)(F)F. The summed E-state index contributed by atoms with van der Waals surface area (Å²) in [5.74, 6) is -4.90. The number of carbonyl (C=O) groups excluding carboxylic acids is 2. The molecule has 3 heterocycles. The van der Waals surface area contributed by atoms with Crippen molar-refractivity contribution >= 4 is 56.5 Å². The first-order valence-electron chi connectivity index (χ1n) is 10.1. The Bertz CT molecular complexity index is 1530. The van der Waals surface area contributed by atoms with Gasteiger partial charge in [-0.3, -0.25) is 9.78 Å². The van der Waals surface area contributed by atoms with Crippen LogP contribution in [0.1, 0.15) is 21.1 Å². The highest BCUT2D eigenvalue weighted by Gasteiger charge is 2.42. The van der Waals surface area contributed by atoms with Gasteiger partial charge in [0.2, 0.25) is 5.82 Å². The van der Waals surface area contributed by atoms with E-state index in [0.717, 1.165) is 17.4 Å². The van der Waals surface area contributed by atoms with E-state index in [4.69, 9.17) is 0 Å². The Morgan fingerprint density at radius 2 is 2.00 bits per heavy atom. The van der Waals surface area contributed by atoms with Crippen molar-refractivity contribution in [1.29, 1.82) is 0 Å². The first kappa shape index (κ1) is 26.8. The monoisotopic (exact) mass is 613 g/mol. The number of amides is 1. The summed E-state index contributed by atoms with van der Waals surface area (Å²) in [5, 5.41) is 10.0. The molecule has 0 radical (unpaired) electrons. The van der Waals surface area contributed by atoms with Crippen LogP contribution >= 0.6 is 27.3 Å². The number of benzene rings is 1. The molecule has 2 N–H and O–H groups in total.